The fraction of sp³-hybridized carbons (Fsp3) is 0.125. The van der Waals surface area contributed by atoms with Crippen LogP contribution in [0.25, 0.3) is 0 Å². The number of esters is 1. The monoisotopic (exact) mass is 506 g/mol. The number of para-hydroxylation sites is 1. The average molecular weight is 507 g/mol. The third-order valence-corrected chi connectivity index (χ3v) is 4.74. The zero-order valence-electron chi connectivity index (χ0n) is 17.9. The normalized spacial score (nSPS) is 10.9. The van der Waals surface area contributed by atoms with Crippen LogP contribution < -0.4 is 15.4 Å². The molecule has 0 aromatic heterocycles. The number of benzene rings is 3. The molecule has 0 aliphatic rings. The molecule has 182 valence electrons. The molecule has 0 radical (unpaired) electrons. The number of halogens is 4. The van der Waals surface area contributed by atoms with Gasteiger partial charge in [-0.2, -0.15) is 13.2 Å². The third-order valence-electron chi connectivity index (χ3n) is 4.41. The second kappa shape index (κ2) is 11.4. The molecular weight excluding hydrogens is 489 g/mol. The lowest BCUT2D eigenvalue weighted by atomic mass is 10.2. The van der Waals surface area contributed by atoms with Crippen molar-refractivity contribution in [3.63, 3.8) is 0 Å². The Kier molecular flexibility index (Phi) is 8.32. The zero-order valence-corrected chi connectivity index (χ0v) is 18.7. The molecule has 3 aromatic rings. The van der Waals surface area contributed by atoms with Gasteiger partial charge in [-0.3, -0.25) is 14.4 Å². The molecule has 7 nitrogen and oxygen atoms in total. The number of amides is 2. The van der Waals surface area contributed by atoms with Crippen molar-refractivity contribution < 1.29 is 37.0 Å². The number of ether oxygens (including phenoxy) is 2. The lowest BCUT2D eigenvalue weighted by Gasteiger charge is -2.12. The molecule has 0 fully saturated rings. The number of hydrogen-bond acceptors (Lipinski definition) is 5. The van der Waals surface area contributed by atoms with E-state index >= 15 is 0 Å². The minimum absolute atomic E-state index is 0.171. The highest BCUT2D eigenvalue weighted by molar-refractivity contribution is 6.31. The Balaban J connectivity index is 1.43. The van der Waals surface area contributed by atoms with Crippen molar-refractivity contribution in [1.82, 2.24) is 5.32 Å². The molecular formula is C24H18ClF3N2O5. The largest absolute Gasteiger partial charge is 0.457 e. The molecule has 3 rings (SSSR count). The second-order valence-corrected chi connectivity index (χ2v) is 7.43. The zero-order chi connectivity index (χ0) is 25.4. The van der Waals surface area contributed by atoms with E-state index < -0.39 is 47.7 Å². The van der Waals surface area contributed by atoms with Gasteiger partial charge in [-0.05, 0) is 54.6 Å². The molecule has 35 heavy (non-hydrogen) atoms. The van der Waals surface area contributed by atoms with Gasteiger partial charge in [-0.15, -0.1) is 0 Å². The van der Waals surface area contributed by atoms with Gasteiger partial charge in [0.15, 0.2) is 6.61 Å². The Labute approximate surface area is 202 Å². The summed E-state index contributed by atoms with van der Waals surface area (Å²) in [5, 5.41) is 4.00. The highest BCUT2D eigenvalue weighted by atomic mass is 35.5. The van der Waals surface area contributed by atoms with E-state index in [2.05, 4.69) is 10.6 Å². The quantitative estimate of drug-likeness (QED) is 0.416. The molecule has 0 unspecified atom stereocenters. The summed E-state index contributed by atoms with van der Waals surface area (Å²) < 4.78 is 49.0. The van der Waals surface area contributed by atoms with Crippen molar-refractivity contribution in [2.45, 2.75) is 6.18 Å². The molecule has 0 saturated carbocycles. The first-order chi connectivity index (χ1) is 16.6. The van der Waals surface area contributed by atoms with E-state index in [0.717, 1.165) is 6.07 Å². The SMILES string of the molecule is O=C(COC(=O)CNC(=O)c1ccc(Oc2ccccc2)cc1)Nc1ccc(Cl)c(C(F)(F)F)c1. The summed E-state index contributed by atoms with van der Waals surface area (Å²) in [6, 6.07) is 18.1. The molecule has 0 spiro atoms. The number of anilines is 1. The second-order valence-electron chi connectivity index (χ2n) is 7.02. The molecule has 3 aromatic carbocycles. The van der Waals surface area contributed by atoms with Gasteiger partial charge in [0, 0.05) is 11.3 Å². The summed E-state index contributed by atoms with van der Waals surface area (Å²) in [5.41, 5.74) is -1.02. The first kappa shape index (κ1) is 25.6. The number of carbonyl (C=O) groups is 3. The highest BCUT2D eigenvalue weighted by Crippen LogP contribution is 2.36. The van der Waals surface area contributed by atoms with Crippen LogP contribution in [0, 0.1) is 0 Å². The minimum atomic E-state index is -4.70. The van der Waals surface area contributed by atoms with E-state index in [-0.39, 0.29) is 11.3 Å². The smallest absolute Gasteiger partial charge is 0.417 e. The van der Waals surface area contributed by atoms with E-state index in [1.807, 2.05) is 18.2 Å². The molecule has 0 aliphatic carbocycles. The Hall–Kier alpha value is -4.05. The van der Waals surface area contributed by atoms with Gasteiger partial charge >= 0.3 is 12.1 Å². The minimum Gasteiger partial charge on any atom is -0.457 e. The summed E-state index contributed by atoms with van der Waals surface area (Å²) >= 11 is 5.52. The van der Waals surface area contributed by atoms with Crippen molar-refractivity contribution in [2.75, 3.05) is 18.5 Å². The van der Waals surface area contributed by atoms with Crippen LogP contribution in [0.3, 0.4) is 0 Å². The first-order valence-electron chi connectivity index (χ1n) is 10.1. The number of hydrogen-bond donors (Lipinski definition) is 2. The fourth-order valence-corrected chi connectivity index (χ4v) is 2.99. The standard InChI is InChI=1S/C24H18ClF3N2O5/c25-20-11-8-16(12-19(20)24(26,27)28)30-21(31)14-34-22(32)13-29-23(33)15-6-9-18(10-7-15)35-17-4-2-1-3-5-17/h1-12H,13-14H2,(H,29,33)(H,30,31). The molecule has 0 heterocycles. The number of alkyl halides is 3. The van der Waals surface area contributed by atoms with Gasteiger partial charge < -0.3 is 20.1 Å². The van der Waals surface area contributed by atoms with E-state index in [9.17, 15) is 27.6 Å². The maximum absolute atomic E-state index is 12.9. The molecule has 0 saturated heterocycles. The molecule has 2 N–H and O–H groups in total. The van der Waals surface area contributed by atoms with E-state index in [4.69, 9.17) is 21.1 Å². The summed E-state index contributed by atoms with van der Waals surface area (Å²) in [4.78, 5) is 35.9. The van der Waals surface area contributed by atoms with Gasteiger partial charge in [-0.1, -0.05) is 29.8 Å². The summed E-state index contributed by atoms with van der Waals surface area (Å²) in [5.74, 6) is -1.19. The van der Waals surface area contributed by atoms with Gasteiger partial charge in [0.05, 0.1) is 10.6 Å². The Morgan fingerprint density at radius 2 is 1.54 bits per heavy atom. The van der Waals surface area contributed by atoms with Crippen molar-refractivity contribution in [3.05, 3.63) is 88.9 Å². The van der Waals surface area contributed by atoms with E-state index in [1.165, 1.54) is 18.2 Å². The van der Waals surface area contributed by atoms with Crippen LogP contribution in [0.1, 0.15) is 15.9 Å². The van der Waals surface area contributed by atoms with Gasteiger partial charge in [-0.25, -0.2) is 0 Å². The van der Waals surface area contributed by atoms with Crippen LogP contribution in [0.5, 0.6) is 11.5 Å². The number of rotatable bonds is 8. The highest BCUT2D eigenvalue weighted by Gasteiger charge is 2.33. The first-order valence-corrected chi connectivity index (χ1v) is 10.4. The molecule has 11 heteroatoms. The average Bonchev–Trinajstić information content (AvgIpc) is 2.83. The topological polar surface area (TPSA) is 93.7 Å². The van der Waals surface area contributed by atoms with Crippen molar-refractivity contribution in [1.29, 1.82) is 0 Å². The van der Waals surface area contributed by atoms with E-state index in [1.54, 1.807) is 24.3 Å². The summed E-state index contributed by atoms with van der Waals surface area (Å²) in [6.45, 7) is -1.28. The van der Waals surface area contributed by atoms with Crippen LogP contribution in [-0.2, 0) is 20.5 Å². The predicted octanol–water partition coefficient (Wildman–Crippen LogP) is 5.06. The van der Waals surface area contributed by atoms with Gasteiger partial charge in [0.2, 0.25) is 0 Å². The maximum Gasteiger partial charge on any atom is 0.417 e. The Morgan fingerprint density at radius 1 is 0.886 bits per heavy atom. The lowest BCUT2D eigenvalue weighted by molar-refractivity contribution is -0.146. The summed E-state index contributed by atoms with van der Waals surface area (Å²) in [7, 11) is 0. The summed E-state index contributed by atoms with van der Waals surface area (Å²) in [6.07, 6.45) is -4.70. The van der Waals surface area contributed by atoms with Crippen LogP contribution in [0.4, 0.5) is 18.9 Å². The van der Waals surface area contributed by atoms with Crippen LogP contribution in [-0.4, -0.2) is 30.9 Å². The Morgan fingerprint density at radius 3 is 2.20 bits per heavy atom. The molecule has 2 amide bonds. The number of carbonyl (C=O) groups excluding carboxylic acids is 3. The van der Waals surface area contributed by atoms with E-state index in [0.29, 0.717) is 17.6 Å². The van der Waals surface area contributed by atoms with Gasteiger partial charge in [0.1, 0.15) is 18.0 Å². The number of nitrogens with one attached hydrogen (secondary N) is 2. The van der Waals surface area contributed by atoms with Crippen molar-refractivity contribution >= 4 is 35.1 Å². The van der Waals surface area contributed by atoms with Crippen LogP contribution in [0.15, 0.2) is 72.8 Å². The van der Waals surface area contributed by atoms with Crippen LogP contribution >= 0.6 is 11.6 Å². The molecule has 0 atom stereocenters. The van der Waals surface area contributed by atoms with Crippen molar-refractivity contribution in [3.8, 4) is 11.5 Å². The maximum atomic E-state index is 12.9. The predicted molar refractivity (Wildman–Crippen MR) is 121 cm³/mol. The fourth-order valence-electron chi connectivity index (χ4n) is 2.77. The molecule has 0 aliphatic heterocycles. The third kappa shape index (κ3) is 7.75. The lowest BCUT2D eigenvalue weighted by Crippen LogP contribution is -2.32. The van der Waals surface area contributed by atoms with Gasteiger partial charge in [0.25, 0.3) is 11.8 Å². The van der Waals surface area contributed by atoms with Crippen molar-refractivity contribution in [2.24, 2.45) is 0 Å². The molecule has 0 bridgehead atoms. The Bertz CT molecular complexity index is 1200. The van der Waals surface area contributed by atoms with Crippen LogP contribution in [0.2, 0.25) is 5.02 Å².